The van der Waals surface area contributed by atoms with Crippen molar-refractivity contribution >= 4 is 117 Å². The number of anilines is 2. The van der Waals surface area contributed by atoms with Gasteiger partial charge in [-0.3, -0.25) is 38.4 Å². The highest BCUT2D eigenvalue weighted by Crippen LogP contribution is 2.50. The maximum absolute atomic E-state index is 14.4. The summed E-state index contributed by atoms with van der Waals surface area (Å²) in [4.78, 5) is 155. The van der Waals surface area contributed by atoms with E-state index in [0.29, 0.717) is 66.8 Å². The van der Waals surface area contributed by atoms with Gasteiger partial charge in [0.15, 0.2) is 11.6 Å². The quantitative estimate of drug-likeness (QED) is 0.0167. The van der Waals surface area contributed by atoms with Crippen LogP contribution in [0.2, 0.25) is 0 Å². The summed E-state index contributed by atoms with van der Waals surface area (Å²) >= 11 is 0. The minimum atomic E-state index is -1.39. The molecule has 0 radical (unpaired) electrons. The smallest absolute Gasteiger partial charge is 0.336 e. The van der Waals surface area contributed by atoms with E-state index in [1.807, 2.05) is 81.4 Å². The summed E-state index contributed by atoms with van der Waals surface area (Å²) in [6, 6.07) is 50.7. The van der Waals surface area contributed by atoms with Crippen LogP contribution < -0.4 is 29.6 Å². The molecule has 0 aliphatic rings. The molecule has 0 atom stereocenters. The number of ketones is 2. The van der Waals surface area contributed by atoms with Gasteiger partial charge >= 0.3 is 23.9 Å². The Balaban J connectivity index is 1.03. The fraction of sp³-hybridized carbons (Fsp3) is 0.191. The molecular formula is C94H80N2O20. The summed E-state index contributed by atoms with van der Waals surface area (Å²) in [5, 5.41) is 51.8. The molecule has 22 nitrogen and oxygen atoms in total. The van der Waals surface area contributed by atoms with E-state index >= 15 is 0 Å². The maximum atomic E-state index is 14.4. The van der Waals surface area contributed by atoms with Crippen molar-refractivity contribution in [2.45, 2.75) is 118 Å². The fourth-order valence-corrected chi connectivity index (χ4v) is 14.8. The Bertz CT molecular complexity index is 5710. The molecule has 22 heteroatoms. The number of carbonyl (C=O) groups is 12. The van der Waals surface area contributed by atoms with Gasteiger partial charge in [0.05, 0.1) is 38.9 Å². The number of carboxylic acids is 4. The summed E-state index contributed by atoms with van der Waals surface area (Å²) in [7, 11) is 0. The molecule has 0 saturated carbocycles. The van der Waals surface area contributed by atoms with Crippen LogP contribution in [-0.4, -0.2) is 93.6 Å². The highest BCUT2D eigenvalue weighted by atomic mass is 16.5. The molecule has 0 heterocycles. The first kappa shape index (κ1) is 81.2. The van der Waals surface area contributed by atoms with Gasteiger partial charge in [0.2, 0.25) is 0 Å². The van der Waals surface area contributed by atoms with Gasteiger partial charge in [-0.15, -0.1) is 0 Å². The fourth-order valence-electron chi connectivity index (χ4n) is 14.8. The van der Waals surface area contributed by atoms with E-state index < -0.39 is 68.9 Å². The minimum absolute atomic E-state index is 0.00492. The molecule has 0 bridgehead atoms. The first-order chi connectivity index (χ1) is 54.8. The first-order valence-electron chi connectivity index (χ1n) is 36.8. The number of Topliss-reactive ketones (excluding diaryl/α,β-unsaturated/α-hetero) is 2. The van der Waals surface area contributed by atoms with Gasteiger partial charge in [-0.25, -0.2) is 19.2 Å². The Hall–Kier alpha value is -14.3. The van der Waals surface area contributed by atoms with Crippen LogP contribution in [0.5, 0.6) is 23.0 Å². The number of hydrogen-bond acceptors (Lipinski definition) is 16. The topological polar surface area (TPSA) is 347 Å². The van der Waals surface area contributed by atoms with Gasteiger partial charge in [0.1, 0.15) is 23.0 Å². The van der Waals surface area contributed by atoms with E-state index in [1.54, 1.807) is 135 Å². The molecule has 116 heavy (non-hydrogen) atoms. The molecule has 0 fully saturated rings. The lowest BCUT2D eigenvalue weighted by Crippen LogP contribution is -2.20. The molecule has 12 aromatic rings. The largest absolute Gasteiger partial charge is 0.478 e. The predicted molar refractivity (Wildman–Crippen MR) is 439 cm³/mol. The third kappa shape index (κ3) is 16.4. The molecule has 586 valence electrons. The maximum Gasteiger partial charge on any atom is 0.336 e. The molecule has 0 aromatic heterocycles. The number of hydrogen-bond donors (Lipinski definition) is 6. The van der Waals surface area contributed by atoms with E-state index in [4.69, 9.17) is 18.9 Å². The van der Waals surface area contributed by atoms with Crippen LogP contribution in [0.15, 0.2) is 182 Å². The van der Waals surface area contributed by atoms with Crippen LogP contribution in [0.25, 0.3) is 76.8 Å². The number of benzene rings is 12. The van der Waals surface area contributed by atoms with Crippen molar-refractivity contribution < 1.29 is 96.9 Å². The second kappa shape index (κ2) is 31.7. The molecule has 0 aliphatic heterocycles. The van der Waals surface area contributed by atoms with Gasteiger partial charge in [-0.05, 0) is 206 Å². The predicted octanol–water partition coefficient (Wildman–Crippen LogP) is 18.7. The van der Waals surface area contributed by atoms with Crippen LogP contribution in [-0.2, 0) is 53.7 Å². The molecule has 0 saturated heterocycles. The van der Waals surface area contributed by atoms with Crippen molar-refractivity contribution in [1.82, 2.24) is 0 Å². The SMILES string of the molecule is CC(C)(C)c1cc(C(=O)O)c(C(=O)Cc2ccc(-c3cc(-c4ccc(CC(=O)c5cc(C(=O)O)c(C(C)(C)C)cc5OC=O)cc4)c4ccc5c(-c6ccc(NC(=O)c7cc(C(=O)O)c(C(C)(C)C)cc7OC=O)cc6)cc(-c6ccc(NC(=O)c7cc(OC=O)c(C(C)(C)C)cc7C(=O)O)cc6)c6ccc3c4c56)cc2)cc1OC=O. The number of carbonyl (C=O) groups excluding carboxylic acids is 8. The lowest BCUT2D eigenvalue weighted by atomic mass is 9.81. The van der Waals surface area contributed by atoms with Gasteiger partial charge in [-0.2, -0.15) is 0 Å². The lowest BCUT2D eigenvalue weighted by Gasteiger charge is -2.23. The number of rotatable bonds is 26. The normalized spacial score (nSPS) is 11.7. The van der Waals surface area contributed by atoms with Crippen LogP contribution in [0.1, 0.15) is 199 Å². The van der Waals surface area contributed by atoms with Gasteiger partial charge < -0.3 is 50.0 Å². The van der Waals surface area contributed by atoms with Crippen LogP contribution in [0.3, 0.4) is 0 Å². The molecule has 0 aliphatic carbocycles. The number of nitrogens with one attached hydrogen (secondary N) is 2. The van der Waals surface area contributed by atoms with Crippen molar-refractivity contribution in [3.05, 3.63) is 260 Å². The lowest BCUT2D eigenvalue weighted by molar-refractivity contribution is -0.121. The summed E-state index contributed by atoms with van der Waals surface area (Å²) in [5.41, 5.74) is 4.16. The zero-order chi connectivity index (χ0) is 83.9. The molecular weight excluding hydrogens is 1480 g/mol. The molecule has 0 unspecified atom stereocenters. The monoisotopic (exact) mass is 1560 g/mol. The Morgan fingerprint density at radius 1 is 0.293 bits per heavy atom. The van der Waals surface area contributed by atoms with Crippen molar-refractivity contribution in [3.63, 3.8) is 0 Å². The van der Waals surface area contributed by atoms with Crippen molar-refractivity contribution in [2.24, 2.45) is 0 Å². The summed E-state index contributed by atoms with van der Waals surface area (Å²) in [5.74, 6) is -8.16. The van der Waals surface area contributed by atoms with Crippen LogP contribution in [0, 0.1) is 0 Å². The first-order valence-corrected chi connectivity index (χ1v) is 36.8. The summed E-state index contributed by atoms with van der Waals surface area (Å²) in [6.07, 6.45) is -0.477. The highest BCUT2D eigenvalue weighted by Gasteiger charge is 2.33. The summed E-state index contributed by atoms with van der Waals surface area (Å²) < 4.78 is 21.2. The number of ether oxygens (including phenoxy) is 4. The third-order valence-corrected chi connectivity index (χ3v) is 20.5. The second-order valence-corrected chi connectivity index (χ2v) is 32.3. The third-order valence-electron chi connectivity index (χ3n) is 20.5. The molecule has 6 N–H and O–H groups in total. The molecule has 12 rings (SSSR count). The van der Waals surface area contributed by atoms with E-state index in [9.17, 15) is 78.0 Å². The van der Waals surface area contributed by atoms with Gasteiger partial charge in [0.25, 0.3) is 37.7 Å². The number of amides is 2. The van der Waals surface area contributed by atoms with Crippen molar-refractivity contribution in [3.8, 4) is 67.5 Å². The van der Waals surface area contributed by atoms with Crippen molar-refractivity contribution in [1.29, 1.82) is 0 Å². The van der Waals surface area contributed by atoms with Crippen molar-refractivity contribution in [2.75, 3.05) is 10.6 Å². The van der Waals surface area contributed by atoms with Gasteiger partial charge in [-0.1, -0.05) is 180 Å². The summed E-state index contributed by atoms with van der Waals surface area (Å²) in [6.45, 7) is 22.4. The standard InChI is InChI=1S/C94H80N2O20/c1-91(2,3)73-43-79(113-45-97)71(37-69(73)89(109)110)78(102)34-50-15-19-52(20-16-50)62-35-61(51-17-13-49(14-18-51)33-77(101)65-41-81(115-47-99)75(93(7,8)9)39-67(65)87(105)106)57-29-31-59-63(53-21-25-55(26-22-53)95-85(103)66-42-82(116-48-100)76(94(10,11)12)40-68(66)88(107)108)36-64(60-32-30-58(62)83(57)84(59)60)54-23-27-56(28-24-54)96-86(104)72-38-70(90(111)112)74(92(4,5)6)44-80(72)114-46-98/h13-32,35-48H,33-34H2,1-12H3,(H,95,103)(H,96,104)(H,105,106)(H,107,108)(H,109,110)(H,111,112). The Morgan fingerprint density at radius 2 is 0.578 bits per heavy atom. The minimum Gasteiger partial charge on any atom is -0.478 e. The van der Waals surface area contributed by atoms with Crippen LogP contribution in [0.4, 0.5) is 11.4 Å². The molecule has 12 aromatic carbocycles. The van der Waals surface area contributed by atoms with Gasteiger partial charge in [0, 0.05) is 40.9 Å². The average molecular weight is 1560 g/mol. The average Bonchev–Trinajstić information content (AvgIpc) is 0.706. The van der Waals surface area contributed by atoms with Crippen LogP contribution >= 0.6 is 0 Å². The highest BCUT2D eigenvalue weighted by molar-refractivity contribution is 6.32. The Kier molecular flexibility index (Phi) is 22.2. The second-order valence-electron chi connectivity index (χ2n) is 32.3. The zero-order valence-electron chi connectivity index (χ0n) is 65.4. The number of aromatic carboxylic acids is 4. The molecule has 2 amide bonds. The van der Waals surface area contributed by atoms with E-state index in [2.05, 4.69) is 10.6 Å². The van der Waals surface area contributed by atoms with E-state index in [-0.39, 0.29) is 118 Å². The number of carboxylic acid groups (broad SMARTS) is 4. The van der Waals surface area contributed by atoms with E-state index in [0.717, 1.165) is 43.4 Å². The van der Waals surface area contributed by atoms with E-state index in [1.165, 1.54) is 48.5 Å². The Labute approximate surface area is 666 Å². The zero-order valence-corrected chi connectivity index (χ0v) is 65.4. The molecule has 0 spiro atoms. The Morgan fingerprint density at radius 3 is 0.905 bits per heavy atom.